The quantitative estimate of drug-likeness (QED) is 0.450. The van der Waals surface area contributed by atoms with Gasteiger partial charge in [0.2, 0.25) is 11.8 Å². The first-order valence-corrected chi connectivity index (χ1v) is 13.3. The number of likely N-dealkylation sites (tertiary alicyclic amines) is 1. The fourth-order valence-corrected chi connectivity index (χ4v) is 4.77. The van der Waals surface area contributed by atoms with E-state index in [-0.39, 0.29) is 24.7 Å². The van der Waals surface area contributed by atoms with Crippen LogP contribution in [0.3, 0.4) is 0 Å². The highest BCUT2D eigenvalue weighted by atomic mass is 16.5. The maximum absolute atomic E-state index is 13.9. The van der Waals surface area contributed by atoms with E-state index in [1.54, 1.807) is 27.2 Å². The van der Waals surface area contributed by atoms with Crippen LogP contribution in [-0.2, 0) is 19.1 Å². The summed E-state index contributed by atoms with van der Waals surface area (Å²) in [6.45, 7) is 10.6. The zero-order chi connectivity index (χ0) is 29.8. The van der Waals surface area contributed by atoms with E-state index in [1.807, 2.05) is 45.0 Å². The molecule has 4 atom stereocenters. The number of ether oxygens (including phenoxy) is 3. The summed E-state index contributed by atoms with van der Waals surface area (Å²) in [6.07, 6.45) is 1.43. The molecule has 0 spiro atoms. The van der Waals surface area contributed by atoms with Crippen molar-refractivity contribution in [2.45, 2.75) is 72.2 Å². The molecule has 1 fully saturated rings. The van der Waals surface area contributed by atoms with Crippen LogP contribution >= 0.6 is 0 Å². The Labute approximate surface area is 234 Å². The minimum atomic E-state index is -0.985. The fourth-order valence-electron chi connectivity index (χ4n) is 4.77. The van der Waals surface area contributed by atoms with Crippen LogP contribution in [0.25, 0.3) is 10.8 Å². The molecule has 1 saturated heterocycles. The molecule has 11 nitrogen and oxygen atoms in total. The molecule has 2 aromatic rings. The molecule has 1 aromatic carbocycles. The Morgan fingerprint density at radius 1 is 1.07 bits per heavy atom. The average Bonchev–Trinajstić information content (AvgIpc) is 3.32. The maximum atomic E-state index is 13.9. The van der Waals surface area contributed by atoms with Crippen LogP contribution in [0.1, 0.15) is 48.0 Å². The van der Waals surface area contributed by atoms with Gasteiger partial charge in [0.05, 0.1) is 26.8 Å². The first-order chi connectivity index (χ1) is 18.8. The summed E-state index contributed by atoms with van der Waals surface area (Å²) < 4.78 is 16.3. The molecule has 2 N–H and O–H groups in total. The number of pyridine rings is 1. The van der Waals surface area contributed by atoms with Crippen molar-refractivity contribution in [3.63, 3.8) is 0 Å². The lowest BCUT2D eigenvalue weighted by atomic mass is 9.85. The van der Waals surface area contributed by atoms with Gasteiger partial charge in [-0.2, -0.15) is 0 Å². The molecule has 1 aliphatic heterocycles. The van der Waals surface area contributed by atoms with Crippen molar-refractivity contribution in [2.75, 3.05) is 20.8 Å². The third kappa shape index (κ3) is 7.00. The number of Topliss-reactive ketones (excluding diaryl/α,β-unsaturated/α-hetero) is 1. The SMILES string of the molecule is COC(=O)[C@@H](NC(=O)N[C@H](C(=O)N1C[C@H](Oc2nccc3cc(OC)ccc23)C[C@H]1C(C)=O)C(C)(C)C)C(C)C. The highest BCUT2D eigenvalue weighted by Crippen LogP contribution is 2.31. The van der Waals surface area contributed by atoms with Crippen molar-refractivity contribution in [3.05, 3.63) is 30.5 Å². The third-order valence-electron chi connectivity index (χ3n) is 7.03. The second-order valence-electron chi connectivity index (χ2n) is 11.5. The summed E-state index contributed by atoms with van der Waals surface area (Å²) in [7, 11) is 2.84. The van der Waals surface area contributed by atoms with Crippen molar-refractivity contribution in [1.82, 2.24) is 20.5 Å². The Balaban J connectivity index is 1.81. The van der Waals surface area contributed by atoms with Crippen molar-refractivity contribution in [3.8, 4) is 11.6 Å². The number of nitrogens with zero attached hydrogens (tertiary/aromatic N) is 2. The number of aromatic nitrogens is 1. The molecule has 0 unspecified atom stereocenters. The third-order valence-corrected chi connectivity index (χ3v) is 7.03. The van der Waals surface area contributed by atoms with E-state index in [4.69, 9.17) is 14.2 Å². The van der Waals surface area contributed by atoms with E-state index >= 15 is 0 Å². The summed E-state index contributed by atoms with van der Waals surface area (Å²) >= 11 is 0. The molecule has 40 heavy (non-hydrogen) atoms. The summed E-state index contributed by atoms with van der Waals surface area (Å²) in [6, 6.07) is 4.12. The number of carbonyl (C=O) groups is 4. The van der Waals surface area contributed by atoms with Crippen LogP contribution in [0, 0.1) is 11.3 Å². The van der Waals surface area contributed by atoms with E-state index < -0.39 is 47.6 Å². The molecule has 2 heterocycles. The zero-order valence-corrected chi connectivity index (χ0v) is 24.4. The van der Waals surface area contributed by atoms with Gasteiger partial charge in [-0.25, -0.2) is 14.6 Å². The molecule has 1 aromatic heterocycles. The lowest BCUT2D eigenvalue weighted by Gasteiger charge is -2.35. The van der Waals surface area contributed by atoms with Gasteiger partial charge in [-0.1, -0.05) is 34.6 Å². The highest BCUT2D eigenvalue weighted by Gasteiger charge is 2.45. The zero-order valence-electron chi connectivity index (χ0n) is 24.4. The Kier molecular flexibility index (Phi) is 9.60. The van der Waals surface area contributed by atoms with Gasteiger partial charge in [-0.3, -0.25) is 9.59 Å². The van der Waals surface area contributed by atoms with Crippen molar-refractivity contribution >= 4 is 34.5 Å². The molecule has 0 saturated carbocycles. The van der Waals surface area contributed by atoms with Gasteiger partial charge >= 0.3 is 12.0 Å². The first-order valence-electron chi connectivity index (χ1n) is 13.3. The Morgan fingerprint density at radius 2 is 1.77 bits per heavy atom. The standard InChI is InChI=1S/C29H40N4O7/c1-16(2)23(27(36)39-8)31-28(37)32-24(29(4,5)6)26(35)33-15-20(14-22(33)17(3)34)40-25-21-10-9-19(38-7)13-18(21)11-12-30-25/h9-13,16,20,22-24H,14-15H2,1-8H3,(H2,31,32,37)/t20-,22+,23+,24-/m1/s1. The van der Waals surface area contributed by atoms with Gasteiger partial charge in [0, 0.05) is 18.0 Å². The lowest BCUT2D eigenvalue weighted by molar-refractivity contribution is -0.144. The molecule has 0 radical (unpaired) electrons. The largest absolute Gasteiger partial charge is 0.497 e. The molecule has 218 valence electrons. The maximum Gasteiger partial charge on any atom is 0.328 e. The van der Waals surface area contributed by atoms with Gasteiger partial charge in [0.25, 0.3) is 0 Å². The normalized spacial score (nSPS) is 18.7. The number of hydrogen-bond acceptors (Lipinski definition) is 8. The molecule has 1 aliphatic rings. The second kappa shape index (κ2) is 12.5. The highest BCUT2D eigenvalue weighted by molar-refractivity contribution is 5.93. The minimum Gasteiger partial charge on any atom is -0.497 e. The molecular formula is C29H40N4O7. The number of urea groups is 1. The van der Waals surface area contributed by atoms with Crippen molar-refractivity contribution in [1.29, 1.82) is 0 Å². The topological polar surface area (TPSA) is 136 Å². The van der Waals surface area contributed by atoms with Gasteiger partial charge in [0.15, 0.2) is 5.78 Å². The summed E-state index contributed by atoms with van der Waals surface area (Å²) in [5, 5.41) is 7.01. The summed E-state index contributed by atoms with van der Waals surface area (Å²) in [5.41, 5.74) is -0.705. The number of carbonyl (C=O) groups excluding carboxylic acids is 4. The first kappa shape index (κ1) is 30.6. The Bertz CT molecular complexity index is 1260. The molecular weight excluding hydrogens is 516 g/mol. The van der Waals surface area contributed by atoms with Crippen LogP contribution in [0.2, 0.25) is 0 Å². The van der Waals surface area contributed by atoms with Crippen molar-refractivity contribution in [2.24, 2.45) is 11.3 Å². The minimum absolute atomic E-state index is 0.143. The van der Waals surface area contributed by atoms with E-state index in [1.165, 1.54) is 18.9 Å². The summed E-state index contributed by atoms with van der Waals surface area (Å²) in [5.74, 6) is -0.310. The number of ketones is 1. The molecule has 0 aliphatic carbocycles. The van der Waals surface area contributed by atoms with Crippen LogP contribution in [-0.4, -0.2) is 78.6 Å². The number of hydrogen-bond donors (Lipinski definition) is 2. The predicted octanol–water partition coefficient (Wildman–Crippen LogP) is 3.09. The molecule has 0 bridgehead atoms. The monoisotopic (exact) mass is 556 g/mol. The molecule has 3 amide bonds. The average molecular weight is 557 g/mol. The Hall–Kier alpha value is -3.89. The van der Waals surface area contributed by atoms with Gasteiger partial charge < -0.3 is 29.7 Å². The van der Waals surface area contributed by atoms with E-state index in [9.17, 15) is 19.2 Å². The summed E-state index contributed by atoms with van der Waals surface area (Å²) in [4.78, 5) is 57.4. The lowest BCUT2D eigenvalue weighted by Crippen LogP contribution is -2.60. The van der Waals surface area contributed by atoms with Crippen LogP contribution < -0.4 is 20.1 Å². The van der Waals surface area contributed by atoms with E-state index in [0.29, 0.717) is 11.6 Å². The number of rotatable bonds is 9. The molecule has 3 rings (SSSR count). The number of amides is 3. The number of methoxy groups -OCH3 is 2. The second-order valence-corrected chi connectivity index (χ2v) is 11.5. The number of benzene rings is 1. The Morgan fingerprint density at radius 3 is 2.35 bits per heavy atom. The predicted molar refractivity (Wildman–Crippen MR) is 149 cm³/mol. The smallest absolute Gasteiger partial charge is 0.328 e. The number of esters is 1. The van der Waals surface area contributed by atoms with Gasteiger partial charge in [-0.15, -0.1) is 0 Å². The van der Waals surface area contributed by atoms with E-state index in [2.05, 4.69) is 15.6 Å². The van der Waals surface area contributed by atoms with Crippen LogP contribution in [0.5, 0.6) is 11.6 Å². The van der Waals surface area contributed by atoms with Crippen LogP contribution in [0.4, 0.5) is 4.79 Å². The van der Waals surface area contributed by atoms with Crippen LogP contribution in [0.15, 0.2) is 30.5 Å². The van der Waals surface area contributed by atoms with E-state index in [0.717, 1.165) is 10.8 Å². The van der Waals surface area contributed by atoms with Gasteiger partial charge in [-0.05, 0) is 47.9 Å². The fraction of sp³-hybridized carbons (Fsp3) is 0.552. The molecule has 11 heteroatoms. The van der Waals surface area contributed by atoms with Gasteiger partial charge in [0.1, 0.15) is 23.9 Å². The van der Waals surface area contributed by atoms with Crippen molar-refractivity contribution < 1.29 is 33.4 Å². The number of fused-ring (bicyclic) bond motifs is 1. The number of nitrogens with one attached hydrogen (secondary N) is 2.